The molecule has 0 saturated carbocycles. The minimum atomic E-state index is -0.191. The normalized spacial score (nSPS) is 10.8. The lowest BCUT2D eigenvalue weighted by atomic mass is 10.1. The van der Waals surface area contributed by atoms with Gasteiger partial charge in [0.05, 0.1) is 12.2 Å². The Balaban J connectivity index is 1.94. The largest absolute Gasteiger partial charge is 0.392 e. The van der Waals surface area contributed by atoms with Crippen LogP contribution in [0.2, 0.25) is 0 Å². The Morgan fingerprint density at radius 1 is 1.24 bits per heavy atom. The van der Waals surface area contributed by atoms with Crippen LogP contribution in [-0.4, -0.2) is 16.0 Å². The monoisotopic (exact) mass is 344 g/mol. The zero-order chi connectivity index (χ0) is 14.8. The number of hydrogen-bond acceptors (Lipinski definition) is 2. The molecule has 3 aromatic rings. The smallest absolute Gasteiger partial charge is 0.257 e. The number of amides is 1. The fourth-order valence-corrected chi connectivity index (χ4v) is 2.84. The van der Waals surface area contributed by atoms with Gasteiger partial charge in [0.25, 0.3) is 5.91 Å². The van der Waals surface area contributed by atoms with Gasteiger partial charge >= 0.3 is 0 Å². The molecule has 3 rings (SSSR count). The van der Waals surface area contributed by atoms with Crippen molar-refractivity contribution in [3.8, 4) is 0 Å². The second-order valence-electron chi connectivity index (χ2n) is 4.68. The molecule has 0 aliphatic carbocycles. The first kappa shape index (κ1) is 13.9. The summed E-state index contributed by atoms with van der Waals surface area (Å²) in [6.45, 7) is -0.0532. The Bertz CT molecular complexity index is 811. The highest BCUT2D eigenvalue weighted by atomic mass is 79.9. The fourth-order valence-electron chi connectivity index (χ4n) is 2.27. The number of aromatic nitrogens is 1. The summed E-state index contributed by atoms with van der Waals surface area (Å²) in [4.78, 5) is 15.5. The van der Waals surface area contributed by atoms with E-state index in [-0.39, 0.29) is 12.5 Å². The number of aliphatic hydroxyl groups excluding tert-OH is 1. The van der Waals surface area contributed by atoms with Crippen LogP contribution in [0.3, 0.4) is 0 Å². The lowest BCUT2D eigenvalue weighted by Gasteiger charge is -2.06. The maximum Gasteiger partial charge on any atom is 0.257 e. The summed E-state index contributed by atoms with van der Waals surface area (Å²) in [5.41, 5.74) is 2.89. The molecule has 4 nitrogen and oxygen atoms in total. The summed E-state index contributed by atoms with van der Waals surface area (Å²) in [7, 11) is 0. The Labute approximate surface area is 129 Å². The second kappa shape index (κ2) is 5.71. The molecule has 1 amide bonds. The number of hydrogen-bond donors (Lipinski definition) is 3. The second-order valence-corrected chi connectivity index (χ2v) is 5.53. The number of halogens is 1. The SMILES string of the molecule is O=C(Nc1cccc(CO)c1)c1c[nH]c2cccc(Br)c12. The Morgan fingerprint density at radius 2 is 2.05 bits per heavy atom. The van der Waals surface area contributed by atoms with Crippen LogP contribution in [0.25, 0.3) is 10.9 Å². The number of carbonyl (C=O) groups is 1. The van der Waals surface area contributed by atoms with Crippen LogP contribution in [0.1, 0.15) is 15.9 Å². The molecule has 0 spiro atoms. The van der Waals surface area contributed by atoms with Crippen LogP contribution >= 0.6 is 15.9 Å². The van der Waals surface area contributed by atoms with Crippen molar-refractivity contribution in [2.75, 3.05) is 5.32 Å². The van der Waals surface area contributed by atoms with Crippen LogP contribution in [0, 0.1) is 0 Å². The molecule has 3 N–H and O–H groups in total. The van der Waals surface area contributed by atoms with Crippen molar-refractivity contribution >= 4 is 38.4 Å². The van der Waals surface area contributed by atoms with Crippen LogP contribution in [-0.2, 0) is 6.61 Å². The van der Waals surface area contributed by atoms with Crippen LogP contribution < -0.4 is 5.32 Å². The average molecular weight is 345 g/mol. The topological polar surface area (TPSA) is 65.1 Å². The van der Waals surface area contributed by atoms with E-state index in [1.807, 2.05) is 18.2 Å². The molecule has 0 unspecified atom stereocenters. The van der Waals surface area contributed by atoms with Gasteiger partial charge in [-0.25, -0.2) is 0 Å². The molecule has 0 radical (unpaired) electrons. The van der Waals surface area contributed by atoms with E-state index in [1.54, 1.807) is 30.5 Å². The van der Waals surface area contributed by atoms with Gasteiger partial charge in [-0.05, 0) is 29.8 Å². The number of fused-ring (bicyclic) bond motifs is 1. The Morgan fingerprint density at radius 3 is 2.86 bits per heavy atom. The molecular weight excluding hydrogens is 332 g/mol. The van der Waals surface area contributed by atoms with Crippen molar-refractivity contribution in [3.63, 3.8) is 0 Å². The minimum absolute atomic E-state index is 0.0532. The van der Waals surface area contributed by atoms with Crippen molar-refractivity contribution in [3.05, 3.63) is 64.3 Å². The van der Waals surface area contributed by atoms with E-state index in [0.29, 0.717) is 11.3 Å². The molecule has 0 aliphatic rings. The first-order valence-corrected chi connectivity index (χ1v) is 7.25. The molecule has 106 valence electrons. The summed E-state index contributed by atoms with van der Waals surface area (Å²) in [6.07, 6.45) is 1.70. The molecule has 0 saturated heterocycles. The van der Waals surface area contributed by atoms with Crippen molar-refractivity contribution in [2.45, 2.75) is 6.61 Å². The molecule has 5 heteroatoms. The standard InChI is InChI=1S/C16H13BrN2O2/c17-13-5-2-6-14-15(13)12(8-18-14)16(21)19-11-4-1-3-10(7-11)9-20/h1-8,18,20H,9H2,(H,19,21). The Hall–Kier alpha value is -2.11. The van der Waals surface area contributed by atoms with Gasteiger partial charge in [0.15, 0.2) is 0 Å². The predicted molar refractivity (Wildman–Crippen MR) is 86.3 cm³/mol. The van der Waals surface area contributed by atoms with Crippen molar-refractivity contribution in [1.82, 2.24) is 4.98 Å². The summed E-state index contributed by atoms with van der Waals surface area (Å²) < 4.78 is 0.871. The van der Waals surface area contributed by atoms with E-state index in [0.717, 1.165) is 20.9 Å². The first-order valence-electron chi connectivity index (χ1n) is 6.46. The molecule has 0 aliphatic heterocycles. The van der Waals surface area contributed by atoms with E-state index in [2.05, 4.69) is 26.2 Å². The molecule has 2 aromatic carbocycles. The van der Waals surface area contributed by atoms with Crippen molar-refractivity contribution in [2.24, 2.45) is 0 Å². The third-order valence-corrected chi connectivity index (χ3v) is 3.93. The van der Waals surface area contributed by atoms with Gasteiger partial charge in [-0.1, -0.05) is 34.1 Å². The summed E-state index contributed by atoms with van der Waals surface area (Å²) in [6, 6.07) is 12.9. The molecule has 1 aromatic heterocycles. The Kier molecular flexibility index (Phi) is 3.77. The van der Waals surface area contributed by atoms with E-state index in [4.69, 9.17) is 5.11 Å². The summed E-state index contributed by atoms with van der Waals surface area (Å²) in [5.74, 6) is -0.191. The number of benzene rings is 2. The minimum Gasteiger partial charge on any atom is -0.392 e. The maximum atomic E-state index is 12.4. The number of anilines is 1. The van der Waals surface area contributed by atoms with E-state index in [1.165, 1.54) is 0 Å². The van der Waals surface area contributed by atoms with Gasteiger partial charge in [-0.15, -0.1) is 0 Å². The van der Waals surface area contributed by atoms with Gasteiger partial charge in [0.1, 0.15) is 0 Å². The number of nitrogens with one attached hydrogen (secondary N) is 2. The molecule has 0 bridgehead atoms. The number of carbonyl (C=O) groups excluding carboxylic acids is 1. The molecule has 1 heterocycles. The highest BCUT2D eigenvalue weighted by Gasteiger charge is 2.14. The molecular formula is C16H13BrN2O2. The van der Waals surface area contributed by atoms with Crippen LogP contribution in [0.5, 0.6) is 0 Å². The van der Waals surface area contributed by atoms with Gasteiger partial charge in [-0.3, -0.25) is 4.79 Å². The molecule has 21 heavy (non-hydrogen) atoms. The molecule has 0 fully saturated rings. The quantitative estimate of drug-likeness (QED) is 0.678. The number of aromatic amines is 1. The fraction of sp³-hybridized carbons (Fsp3) is 0.0625. The predicted octanol–water partition coefficient (Wildman–Crippen LogP) is 3.68. The van der Waals surface area contributed by atoms with E-state index < -0.39 is 0 Å². The average Bonchev–Trinajstić information content (AvgIpc) is 2.93. The third-order valence-electron chi connectivity index (χ3n) is 3.27. The van der Waals surface area contributed by atoms with Gasteiger partial charge < -0.3 is 15.4 Å². The first-order chi connectivity index (χ1) is 10.2. The third kappa shape index (κ3) is 2.70. The van der Waals surface area contributed by atoms with Crippen LogP contribution in [0.4, 0.5) is 5.69 Å². The van der Waals surface area contributed by atoms with Crippen molar-refractivity contribution < 1.29 is 9.90 Å². The van der Waals surface area contributed by atoms with Gasteiger partial charge in [0, 0.05) is 27.3 Å². The van der Waals surface area contributed by atoms with Crippen LogP contribution in [0.15, 0.2) is 53.1 Å². The van der Waals surface area contributed by atoms with E-state index >= 15 is 0 Å². The highest BCUT2D eigenvalue weighted by Crippen LogP contribution is 2.27. The highest BCUT2D eigenvalue weighted by molar-refractivity contribution is 9.10. The summed E-state index contributed by atoms with van der Waals surface area (Å²) >= 11 is 3.47. The number of H-pyrrole nitrogens is 1. The maximum absolute atomic E-state index is 12.4. The lowest BCUT2D eigenvalue weighted by molar-refractivity contribution is 0.102. The van der Waals surface area contributed by atoms with E-state index in [9.17, 15) is 4.79 Å². The number of aliphatic hydroxyl groups is 1. The number of rotatable bonds is 3. The summed E-state index contributed by atoms with van der Waals surface area (Å²) in [5, 5.41) is 12.8. The zero-order valence-electron chi connectivity index (χ0n) is 11.1. The van der Waals surface area contributed by atoms with Gasteiger partial charge in [-0.2, -0.15) is 0 Å². The zero-order valence-corrected chi connectivity index (χ0v) is 12.6. The molecule has 0 atom stereocenters. The van der Waals surface area contributed by atoms with Gasteiger partial charge in [0.2, 0.25) is 0 Å². The lowest BCUT2D eigenvalue weighted by Crippen LogP contribution is -2.11. The van der Waals surface area contributed by atoms with Crippen molar-refractivity contribution in [1.29, 1.82) is 0 Å².